The minimum Gasteiger partial charge on any atom is -0.334 e. The molecule has 2 aromatic carbocycles. The van der Waals surface area contributed by atoms with Gasteiger partial charge in [0.15, 0.2) is 0 Å². The molecule has 8 heteroatoms. The predicted octanol–water partition coefficient (Wildman–Crippen LogP) is 5.20. The van der Waals surface area contributed by atoms with Crippen molar-refractivity contribution < 1.29 is 4.92 Å². The first-order valence-corrected chi connectivity index (χ1v) is 8.74. The number of nitro groups is 1. The maximum absolute atomic E-state index is 11.7. The SMILES string of the molecule is CCc1ccccc1Nc1ncnc(Nc2ccc(Br)cc2)c1[N+](=O)[O-]. The van der Waals surface area contributed by atoms with Crippen LogP contribution in [0.1, 0.15) is 12.5 Å². The smallest absolute Gasteiger partial charge is 0.334 e. The Morgan fingerprint density at radius 2 is 1.69 bits per heavy atom. The van der Waals surface area contributed by atoms with Crippen LogP contribution in [-0.2, 0) is 6.42 Å². The number of aryl methyl sites for hydroxylation is 1. The highest BCUT2D eigenvalue weighted by Crippen LogP contribution is 2.33. The van der Waals surface area contributed by atoms with E-state index in [0.29, 0.717) is 5.69 Å². The summed E-state index contributed by atoms with van der Waals surface area (Å²) in [6.45, 7) is 2.02. The first-order valence-electron chi connectivity index (χ1n) is 7.95. The number of para-hydroxylation sites is 1. The average Bonchev–Trinajstić information content (AvgIpc) is 2.64. The standard InChI is InChI=1S/C18H16BrN5O2/c1-2-12-5-3-4-6-15(12)23-18-16(24(25)26)17(20-11-21-18)22-14-9-7-13(19)8-10-14/h3-11H,2H2,1H3,(H2,20,21,22,23). The van der Waals surface area contributed by atoms with Gasteiger partial charge in [-0.2, -0.15) is 0 Å². The van der Waals surface area contributed by atoms with Crippen molar-refractivity contribution >= 4 is 44.6 Å². The van der Waals surface area contributed by atoms with Crippen LogP contribution < -0.4 is 10.6 Å². The predicted molar refractivity (Wildman–Crippen MR) is 105 cm³/mol. The summed E-state index contributed by atoms with van der Waals surface area (Å²) in [5.74, 6) is 0.273. The molecule has 132 valence electrons. The molecular formula is C18H16BrN5O2. The highest BCUT2D eigenvalue weighted by atomic mass is 79.9. The normalized spacial score (nSPS) is 10.4. The zero-order valence-electron chi connectivity index (χ0n) is 13.9. The third-order valence-electron chi connectivity index (χ3n) is 3.76. The summed E-state index contributed by atoms with van der Waals surface area (Å²) < 4.78 is 0.916. The Balaban J connectivity index is 1.98. The molecule has 1 heterocycles. The van der Waals surface area contributed by atoms with E-state index in [0.717, 1.165) is 22.1 Å². The molecule has 7 nitrogen and oxygen atoms in total. The van der Waals surface area contributed by atoms with E-state index in [1.165, 1.54) is 6.33 Å². The molecule has 0 saturated heterocycles. The van der Waals surface area contributed by atoms with E-state index >= 15 is 0 Å². The number of benzene rings is 2. The van der Waals surface area contributed by atoms with Crippen molar-refractivity contribution in [3.05, 3.63) is 75.0 Å². The third-order valence-corrected chi connectivity index (χ3v) is 4.29. The number of anilines is 4. The van der Waals surface area contributed by atoms with E-state index in [2.05, 4.69) is 36.5 Å². The lowest BCUT2D eigenvalue weighted by Crippen LogP contribution is -2.06. The molecule has 0 spiro atoms. The molecule has 1 aromatic heterocycles. The van der Waals surface area contributed by atoms with Crippen LogP contribution in [0.2, 0.25) is 0 Å². The Morgan fingerprint density at radius 3 is 2.35 bits per heavy atom. The Labute approximate surface area is 158 Å². The summed E-state index contributed by atoms with van der Waals surface area (Å²) in [5.41, 5.74) is 2.31. The summed E-state index contributed by atoms with van der Waals surface area (Å²) in [4.78, 5) is 19.3. The number of hydrogen-bond acceptors (Lipinski definition) is 6. The maximum atomic E-state index is 11.7. The minimum absolute atomic E-state index is 0.129. The van der Waals surface area contributed by atoms with Crippen LogP contribution in [0.4, 0.5) is 28.7 Å². The fraction of sp³-hybridized carbons (Fsp3) is 0.111. The first kappa shape index (κ1) is 17.8. The molecule has 0 aliphatic carbocycles. The van der Waals surface area contributed by atoms with E-state index in [9.17, 15) is 10.1 Å². The number of hydrogen-bond donors (Lipinski definition) is 2. The van der Waals surface area contributed by atoms with Crippen LogP contribution in [0, 0.1) is 10.1 Å². The molecule has 3 rings (SSSR count). The van der Waals surface area contributed by atoms with Gasteiger partial charge in [-0.25, -0.2) is 9.97 Å². The van der Waals surface area contributed by atoms with E-state index in [1.54, 1.807) is 12.1 Å². The van der Waals surface area contributed by atoms with Gasteiger partial charge in [-0.1, -0.05) is 41.1 Å². The molecule has 0 bridgehead atoms. The molecule has 2 N–H and O–H groups in total. The Morgan fingerprint density at radius 1 is 1.04 bits per heavy atom. The first-order chi connectivity index (χ1) is 12.6. The zero-order chi connectivity index (χ0) is 18.5. The number of halogens is 1. The van der Waals surface area contributed by atoms with Crippen LogP contribution in [-0.4, -0.2) is 14.9 Å². The Bertz CT molecular complexity index is 931. The highest BCUT2D eigenvalue weighted by molar-refractivity contribution is 9.10. The molecule has 0 aliphatic heterocycles. The molecule has 3 aromatic rings. The minimum atomic E-state index is -0.488. The van der Waals surface area contributed by atoms with Crippen molar-refractivity contribution in [3.8, 4) is 0 Å². The van der Waals surface area contributed by atoms with E-state index in [-0.39, 0.29) is 17.3 Å². The van der Waals surface area contributed by atoms with Gasteiger partial charge in [-0.15, -0.1) is 0 Å². The van der Waals surface area contributed by atoms with Crippen LogP contribution in [0.25, 0.3) is 0 Å². The van der Waals surface area contributed by atoms with Crippen LogP contribution in [0.5, 0.6) is 0 Å². The number of aromatic nitrogens is 2. The van der Waals surface area contributed by atoms with Crippen LogP contribution in [0.15, 0.2) is 59.3 Å². The van der Waals surface area contributed by atoms with Crippen molar-refractivity contribution in [2.45, 2.75) is 13.3 Å². The fourth-order valence-corrected chi connectivity index (χ4v) is 2.75. The lowest BCUT2D eigenvalue weighted by atomic mass is 10.1. The van der Waals surface area contributed by atoms with Gasteiger partial charge in [-0.3, -0.25) is 10.1 Å². The quantitative estimate of drug-likeness (QED) is 0.426. The molecule has 0 amide bonds. The zero-order valence-corrected chi connectivity index (χ0v) is 15.5. The van der Waals surface area contributed by atoms with Gasteiger partial charge in [0.05, 0.1) is 4.92 Å². The second-order valence-electron chi connectivity index (χ2n) is 5.44. The van der Waals surface area contributed by atoms with Gasteiger partial charge in [0.2, 0.25) is 11.6 Å². The Hall–Kier alpha value is -3.00. The van der Waals surface area contributed by atoms with Crippen molar-refractivity contribution in [2.75, 3.05) is 10.6 Å². The lowest BCUT2D eigenvalue weighted by Gasteiger charge is -2.12. The van der Waals surface area contributed by atoms with Crippen LogP contribution >= 0.6 is 15.9 Å². The molecule has 0 unspecified atom stereocenters. The Kier molecular flexibility index (Phi) is 5.43. The van der Waals surface area contributed by atoms with Gasteiger partial charge < -0.3 is 10.6 Å². The van der Waals surface area contributed by atoms with Gasteiger partial charge in [0.1, 0.15) is 6.33 Å². The van der Waals surface area contributed by atoms with Crippen molar-refractivity contribution in [1.29, 1.82) is 0 Å². The van der Waals surface area contributed by atoms with Crippen molar-refractivity contribution in [3.63, 3.8) is 0 Å². The summed E-state index contributed by atoms with van der Waals surface area (Å²) in [6, 6.07) is 14.9. The largest absolute Gasteiger partial charge is 0.353 e. The van der Waals surface area contributed by atoms with Gasteiger partial charge in [-0.05, 0) is 42.3 Å². The number of nitrogens with zero attached hydrogens (tertiary/aromatic N) is 3. The highest BCUT2D eigenvalue weighted by Gasteiger charge is 2.23. The average molecular weight is 414 g/mol. The van der Waals surface area contributed by atoms with Gasteiger partial charge >= 0.3 is 5.69 Å². The molecule has 0 radical (unpaired) electrons. The topological polar surface area (TPSA) is 93.0 Å². The summed E-state index contributed by atoms with van der Waals surface area (Å²) in [6.07, 6.45) is 2.09. The molecule has 0 saturated carbocycles. The second-order valence-corrected chi connectivity index (χ2v) is 6.36. The number of rotatable bonds is 6. The maximum Gasteiger partial charge on any atom is 0.353 e. The van der Waals surface area contributed by atoms with E-state index in [1.807, 2.05) is 43.3 Å². The van der Waals surface area contributed by atoms with E-state index < -0.39 is 4.92 Å². The molecule has 0 fully saturated rings. The van der Waals surface area contributed by atoms with Crippen LogP contribution in [0.3, 0.4) is 0 Å². The fourth-order valence-electron chi connectivity index (χ4n) is 2.48. The summed E-state index contributed by atoms with van der Waals surface area (Å²) >= 11 is 3.36. The molecule has 0 atom stereocenters. The lowest BCUT2D eigenvalue weighted by molar-refractivity contribution is -0.383. The second kappa shape index (κ2) is 7.92. The molecular weight excluding hydrogens is 398 g/mol. The van der Waals surface area contributed by atoms with Gasteiger partial charge in [0, 0.05) is 15.8 Å². The monoisotopic (exact) mass is 413 g/mol. The van der Waals surface area contributed by atoms with Crippen molar-refractivity contribution in [2.24, 2.45) is 0 Å². The van der Waals surface area contributed by atoms with Crippen molar-refractivity contribution in [1.82, 2.24) is 9.97 Å². The summed E-state index contributed by atoms with van der Waals surface area (Å²) in [5, 5.41) is 17.7. The number of nitrogens with one attached hydrogen (secondary N) is 2. The van der Waals surface area contributed by atoms with Gasteiger partial charge in [0.25, 0.3) is 0 Å². The molecule has 26 heavy (non-hydrogen) atoms. The van der Waals surface area contributed by atoms with E-state index in [4.69, 9.17) is 0 Å². The summed E-state index contributed by atoms with van der Waals surface area (Å²) in [7, 11) is 0. The third kappa shape index (κ3) is 3.97. The molecule has 0 aliphatic rings.